The van der Waals surface area contributed by atoms with Crippen LogP contribution in [-0.2, 0) is 6.42 Å². The molecule has 300 valence electrons. The summed E-state index contributed by atoms with van der Waals surface area (Å²) in [6.45, 7) is 24.3. The van der Waals surface area contributed by atoms with E-state index >= 15 is 0 Å². The first-order valence-corrected chi connectivity index (χ1v) is 21.1. The number of phenols is 2. The van der Waals surface area contributed by atoms with Gasteiger partial charge in [-0.25, -0.2) is 0 Å². The molecule has 54 heavy (non-hydrogen) atoms. The number of aromatic hydroxyl groups is 2. The zero-order valence-electron chi connectivity index (χ0n) is 36.8. The summed E-state index contributed by atoms with van der Waals surface area (Å²) in [6, 6.07) is 3.25. The Bertz CT molecular complexity index is 1540. The van der Waals surface area contributed by atoms with Gasteiger partial charge in [0, 0.05) is 5.56 Å². The first kappa shape index (κ1) is 48.5. The highest BCUT2D eigenvalue weighted by Gasteiger charge is 2.06. The molecular weight excluding hydrogens is 657 g/mol. The topological polar surface area (TPSA) is 40.5 Å². The Morgan fingerprint density at radius 3 is 0.926 bits per heavy atom. The van der Waals surface area contributed by atoms with Crippen molar-refractivity contribution < 1.29 is 10.2 Å². The van der Waals surface area contributed by atoms with Gasteiger partial charge in [-0.2, -0.15) is 0 Å². The smallest absolute Gasteiger partial charge is 0.122 e. The predicted molar refractivity (Wildman–Crippen MR) is 242 cm³/mol. The van der Waals surface area contributed by atoms with Gasteiger partial charge in [-0.15, -0.1) is 0 Å². The molecule has 0 saturated carbocycles. The number of phenolic OH excluding ortho intramolecular Hbond substituents is 2. The summed E-state index contributed by atoms with van der Waals surface area (Å²) < 4.78 is 0. The van der Waals surface area contributed by atoms with Gasteiger partial charge in [-0.05, 0) is 203 Å². The maximum Gasteiger partial charge on any atom is 0.122 e. The van der Waals surface area contributed by atoms with Crippen molar-refractivity contribution in [2.45, 2.75) is 185 Å². The van der Waals surface area contributed by atoms with E-state index in [1.807, 2.05) is 6.92 Å². The highest BCUT2D eigenvalue weighted by atomic mass is 16.3. The minimum absolute atomic E-state index is 0.208. The second kappa shape index (κ2) is 28.9. The van der Waals surface area contributed by atoms with E-state index in [4.69, 9.17) is 0 Å². The number of aryl methyl sites for hydroxylation is 1. The summed E-state index contributed by atoms with van der Waals surface area (Å²) in [5.41, 5.74) is 14.7. The minimum atomic E-state index is 0.208. The van der Waals surface area contributed by atoms with Gasteiger partial charge in [0.2, 0.25) is 0 Å². The van der Waals surface area contributed by atoms with Crippen molar-refractivity contribution in [2.24, 2.45) is 0 Å². The van der Waals surface area contributed by atoms with E-state index in [1.165, 1.54) is 69.4 Å². The van der Waals surface area contributed by atoms with Crippen LogP contribution in [0.5, 0.6) is 11.5 Å². The molecule has 1 aromatic carbocycles. The monoisotopic (exact) mass is 737 g/mol. The Morgan fingerprint density at radius 1 is 0.389 bits per heavy atom. The average molecular weight is 737 g/mol. The summed E-state index contributed by atoms with van der Waals surface area (Å²) in [5, 5.41) is 20.1. The average Bonchev–Trinajstić information content (AvgIpc) is 3.09. The number of hydrogen-bond acceptors (Lipinski definition) is 2. The second-order valence-electron chi connectivity index (χ2n) is 16.5. The maximum atomic E-state index is 10.3. The van der Waals surface area contributed by atoms with E-state index in [9.17, 15) is 10.2 Å². The van der Waals surface area contributed by atoms with Crippen LogP contribution in [0.2, 0.25) is 0 Å². The van der Waals surface area contributed by atoms with Gasteiger partial charge in [0.25, 0.3) is 0 Å². The first-order valence-electron chi connectivity index (χ1n) is 21.1. The number of benzene rings is 1. The molecule has 0 aromatic heterocycles. The van der Waals surface area contributed by atoms with Gasteiger partial charge in [-0.3, -0.25) is 0 Å². The van der Waals surface area contributed by atoms with Crippen molar-refractivity contribution in [1.29, 1.82) is 0 Å². The molecule has 0 spiro atoms. The quantitative estimate of drug-likeness (QED) is 0.0734. The molecule has 0 fully saturated rings. The lowest BCUT2D eigenvalue weighted by Crippen LogP contribution is -1.88. The summed E-state index contributed by atoms with van der Waals surface area (Å²) >= 11 is 0. The van der Waals surface area contributed by atoms with Gasteiger partial charge in [0.1, 0.15) is 11.5 Å². The molecule has 1 rings (SSSR count). The Morgan fingerprint density at radius 2 is 0.648 bits per heavy atom. The van der Waals surface area contributed by atoms with Crippen LogP contribution in [0.15, 0.2) is 117 Å². The molecule has 1 aromatic rings. The predicted octanol–water partition coefficient (Wildman–Crippen LogP) is 16.7. The van der Waals surface area contributed by atoms with Crippen LogP contribution in [0.3, 0.4) is 0 Å². The molecule has 0 amide bonds. The fourth-order valence-corrected chi connectivity index (χ4v) is 6.50. The first-order chi connectivity index (χ1) is 25.7. The van der Waals surface area contributed by atoms with Crippen molar-refractivity contribution in [3.05, 3.63) is 128 Å². The van der Waals surface area contributed by atoms with Crippen molar-refractivity contribution in [2.75, 3.05) is 0 Å². The summed E-state index contributed by atoms with van der Waals surface area (Å²) in [4.78, 5) is 0. The Balaban J connectivity index is 2.26. The van der Waals surface area contributed by atoms with Gasteiger partial charge in [0.05, 0.1) is 0 Å². The van der Waals surface area contributed by atoms with Crippen molar-refractivity contribution >= 4 is 0 Å². The van der Waals surface area contributed by atoms with Crippen LogP contribution in [-0.4, -0.2) is 10.2 Å². The van der Waals surface area contributed by atoms with Crippen LogP contribution >= 0.6 is 0 Å². The van der Waals surface area contributed by atoms with Gasteiger partial charge in [0.15, 0.2) is 0 Å². The standard InChI is InChI=1S/C52H80O2/c1-40(2)20-12-21-41(3)22-13-23-42(4)24-14-25-43(5)26-15-27-44(6)28-16-29-45(7)30-17-31-46(8)32-18-33-47(9)34-19-35-48(10)36-37-50-39-51(53)38-49(11)52(50)54/h20,22,24,26,28,30,32,34,36,38-39,53-54H,12-19,21,23,25,27,29,31,33,35,37H2,1-11H3. The molecule has 0 radical (unpaired) electrons. The van der Waals surface area contributed by atoms with Crippen molar-refractivity contribution in [3.8, 4) is 11.5 Å². The molecule has 0 aliphatic rings. The third-order valence-electron chi connectivity index (χ3n) is 10.3. The van der Waals surface area contributed by atoms with E-state index in [1.54, 1.807) is 12.1 Å². The van der Waals surface area contributed by atoms with E-state index in [2.05, 4.69) is 124 Å². The molecular formula is C52H80O2. The van der Waals surface area contributed by atoms with E-state index in [0.717, 1.165) is 89.0 Å². The molecule has 0 unspecified atom stereocenters. The third kappa shape index (κ3) is 25.5. The normalized spacial score (nSPS) is 14.3. The Kier molecular flexibility index (Phi) is 25.9. The zero-order valence-corrected chi connectivity index (χ0v) is 36.8. The van der Waals surface area contributed by atoms with E-state index < -0.39 is 0 Å². The molecule has 0 atom stereocenters. The van der Waals surface area contributed by atoms with Crippen LogP contribution in [0.1, 0.15) is 183 Å². The summed E-state index contributed by atoms with van der Waals surface area (Å²) in [7, 11) is 0. The molecule has 2 N–H and O–H groups in total. The van der Waals surface area contributed by atoms with Crippen LogP contribution in [0.4, 0.5) is 0 Å². The highest BCUT2D eigenvalue weighted by Crippen LogP contribution is 2.28. The summed E-state index contributed by atoms with van der Waals surface area (Å²) in [5.74, 6) is 0.492. The fourth-order valence-electron chi connectivity index (χ4n) is 6.50. The maximum absolute atomic E-state index is 10.3. The van der Waals surface area contributed by atoms with Crippen LogP contribution in [0.25, 0.3) is 0 Å². The number of hydrogen-bond donors (Lipinski definition) is 2. The molecule has 2 nitrogen and oxygen atoms in total. The Hall–Kier alpha value is -3.52. The van der Waals surface area contributed by atoms with E-state index in [-0.39, 0.29) is 11.5 Å². The second-order valence-corrected chi connectivity index (χ2v) is 16.5. The lowest BCUT2D eigenvalue weighted by atomic mass is 10.0. The summed E-state index contributed by atoms with van der Waals surface area (Å²) in [6.07, 6.45) is 40.3. The molecule has 2 heteroatoms. The molecule has 0 heterocycles. The minimum Gasteiger partial charge on any atom is -0.508 e. The van der Waals surface area contributed by atoms with Gasteiger partial charge < -0.3 is 10.2 Å². The Labute approximate surface area is 334 Å². The molecule has 0 saturated heterocycles. The third-order valence-corrected chi connectivity index (χ3v) is 10.3. The fraction of sp³-hybridized carbons (Fsp3) is 0.538. The molecule has 0 aliphatic heterocycles. The van der Waals surface area contributed by atoms with Gasteiger partial charge in [-0.1, -0.05) is 105 Å². The lowest BCUT2D eigenvalue weighted by Gasteiger charge is -2.07. The number of rotatable bonds is 26. The van der Waals surface area contributed by atoms with Crippen molar-refractivity contribution in [1.82, 2.24) is 0 Å². The lowest BCUT2D eigenvalue weighted by molar-refractivity contribution is 0.451. The van der Waals surface area contributed by atoms with E-state index in [0.29, 0.717) is 12.0 Å². The molecule has 0 aliphatic carbocycles. The zero-order chi connectivity index (χ0) is 40.3. The van der Waals surface area contributed by atoms with Gasteiger partial charge >= 0.3 is 0 Å². The highest BCUT2D eigenvalue weighted by molar-refractivity contribution is 5.46. The largest absolute Gasteiger partial charge is 0.508 e. The SMILES string of the molecule is CC(C)=CCCC(C)=CCCC(C)=CCCC(C)=CCCC(C)=CCCC(C)=CCCC(C)=CCCC(C)=CCCC(C)=CCc1cc(O)cc(C)c1O. The van der Waals surface area contributed by atoms with Crippen molar-refractivity contribution in [3.63, 3.8) is 0 Å². The molecule has 0 bridgehead atoms. The number of allylic oxidation sites excluding steroid dienone is 18. The van der Waals surface area contributed by atoms with Crippen LogP contribution < -0.4 is 0 Å². The van der Waals surface area contributed by atoms with Crippen LogP contribution in [0, 0.1) is 6.92 Å².